The third-order valence-corrected chi connectivity index (χ3v) is 6.25. The second kappa shape index (κ2) is 7.92. The van der Waals surface area contributed by atoms with Crippen molar-refractivity contribution in [2.24, 2.45) is 5.73 Å². The Balaban J connectivity index is 1.69. The number of carbonyl (C=O) groups excluding carboxylic acids is 1. The molecule has 1 fully saturated rings. The van der Waals surface area contributed by atoms with Gasteiger partial charge in [0.2, 0.25) is 0 Å². The van der Waals surface area contributed by atoms with Gasteiger partial charge in [0.25, 0.3) is 5.91 Å². The van der Waals surface area contributed by atoms with Crippen LogP contribution in [-0.2, 0) is 0 Å². The van der Waals surface area contributed by atoms with Gasteiger partial charge in [0.05, 0.1) is 22.1 Å². The lowest BCUT2D eigenvalue weighted by molar-refractivity contribution is 0.0538. The molecule has 3 aromatic rings. The number of rotatable bonds is 5. The first-order valence-corrected chi connectivity index (χ1v) is 10.2. The highest BCUT2D eigenvalue weighted by molar-refractivity contribution is 7.20. The molecule has 4 rings (SSSR count). The summed E-state index contributed by atoms with van der Waals surface area (Å²) in [5.41, 5.74) is 6.69. The molecule has 152 valence electrons. The third kappa shape index (κ3) is 4.01. The highest BCUT2D eigenvalue weighted by Crippen LogP contribution is 2.37. The van der Waals surface area contributed by atoms with Crippen LogP contribution in [0.25, 0.3) is 10.2 Å². The lowest BCUT2D eigenvalue weighted by Crippen LogP contribution is -2.28. The molecule has 0 radical (unpaired) electrons. The van der Waals surface area contributed by atoms with Crippen LogP contribution in [0.15, 0.2) is 24.5 Å². The second-order valence-electron chi connectivity index (χ2n) is 7.15. The van der Waals surface area contributed by atoms with Crippen molar-refractivity contribution in [3.05, 3.63) is 40.8 Å². The first kappa shape index (κ1) is 19.5. The number of carbonyl (C=O) groups is 1. The maximum Gasteiger partial charge on any atom is 0.259 e. The molecule has 2 heterocycles. The van der Waals surface area contributed by atoms with E-state index in [0.29, 0.717) is 44.3 Å². The van der Waals surface area contributed by atoms with E-state index in [1.54, 1.807) is 13.0 Å². The smallest absolute Gasteiger partial charge is 0.259 e. The predicted octanol–water partition coefficient (Wildman–Crippen LogP) is 3.66. The average molecular weight is 416 g/mol. The minimum atomic E-state index is -0.516. The fourth-order valence-electron chi connectivity index (χ4n) is 3.63. The van der Waals surface area contributed by atoms with Crippen LogP contribution in [0.1, 0.15) is 40.9 Å². The summed E-state index contributed by atoms with van der Waals surface area (Å²) in [5, 5.41) is 13.8. The zero-order valence-electron chi connectivity index (χ0n) is 15.8. The molecule has 1 aromatic carbocycles. The molecule has 1 amide bonds. The van der Waals surface area contributed by atoms with Gasteiger partial charge in [-0.1, -0.05) is 0 Å². The zero-order valence-corrected chi connectivity index (χ0v) is 16.6. The van der Waals surface area contributed by atoms with Gasteiger partial charge in [0, 0.05) is 12.5 Å². The van der Waals surface area contributed by atoms with Crippen LogP contribution in [0.2, 0.25) is 0 Å². The normalized spacial score (nSPS) is 19.3. The van der Waals surface area contributed by atoms with Gasteiger partial charge in [0.1, 0.15) is 34.6 Å². The molecule has 1 saturated carbocycles. The Bertz CT molecular complexity index is 1070. The van der Waals surface area contributed by atoms with Crippen LogP contribution in [0.3, 0.4) is 0 Å². The third-order valence-electron chi connectivity index (χ3n) is 5.04. The van der Waals surface area contributed by atoms with Crippen molar-refractivity contribution in [2.75, 3.05) is 5.32 Å². The number of amides is 1. The quantitative estimate of drug-likeness (QED) is 0.585. The van der Waals surface area contributed by atoms with Crippen molar-refractivity contribution in [1.29, 1.82) is 0 Å². The Hall–Kier alpha value is -2.78. The molecule has 0 spiro atoms. The monoisotopic (exact) mass is 416 g/mol. The Morgan fingerprint density at radius 1 is 1.38 bits per heavy atom. The molecule has 0 bridgehead atoms. The van der Waals surface area contributed by atoms with Crippen molar-refractivity contribution in [3.63, 3.8) is 0 Å². The lowest BCUT2D eigenvalue weighted by atomic mass is 9.95. The van der Waals surface area contributed by atoms with E-state index in [2.05, 4.69) is 15.3 Å². The number of hydrogen-bond acceptors (Lipinski definition) is 7. The Morgan fingerprint density at radius 2 is 2.21 bits per heavy atom. The number of benzene rings is 1. The Labute approximate surface area is 170 Å². The number of nitrogens with one attached hydrogen (secondary N) is 1. The summed E-state index contributed by atoms with van der Waals surface area (Å²) in [6.45, 7) is 1.79. The maximum atomic E-state index is 13.9. The number of hydrogen-bond donors (Lipinski definition) is 3. The molecule has 1 aliphatic carbocycles. The summed E-state index contributed by atoms with van der Waals surface area (Å²) in [6.07, 6.45) is 3.74. The van der Waals surface area contributed by atoms with E-state index in [4.69, 9.17) is 10.5 Å². The molecule has 2 aromatic heterocycles. The minimum Gasteiger partial charge on any atom is -0.488 e. The molecular formula is C20H21FN4O3S. The largest absolute Gasteiger partial charge is 0.488 e. The summed E-state index contributed by atoms with van der Waals surface area (Å²) < 4.78 is 19.9. The number of halogens is 1. The summed E-state index contributed by atoms with van der Waals surface area (Å²) >= 11 is 1.21. The fraction of sp³-hybridized carbons (Fsp3) is 0.350. The first-order valence-electron chi connectivity index (χ1n) is 9.37. The van der Waals surface area contributed by atoms with E-state index in [0.717, 1.165) is 19.3 Å². The highest BCUT2D eigenvalue weighted by atomic mass is 32.1. The van der Waals surface area contributed by atoms with Crippen LogP contribution in [0.5, 0.6) is 5.75 Å². The standard InChI is InChI=1S/C20H21FN4O3S/c1-10-16-19(23-9-24-20(16)29-17(10)18(22)27)25-14-6-5-11(21)7-15(14)28-13-4-2-3-12(26)8-13/h5-7,9,12-13,26H,2-4,8H2,1H3,(H2,22,27)(H,23,24,25)/t12-,13+/m0/s1. The van der Waals surface area contributed by atoms with Gasteiger partial charge in [-0.15, -0.1) is 11.3 Å². The van der Waals surface area contributed by atoms with E-state index < -0.39 is 17.8 Å². The number of anilines is 2. The van der Waals surface area contributed by atoms with Gasteiger partial charge in [-0.05, 0) is 43.9 Å². The number of primary amides is 1. The zero-order chi connectivity index (χ0) is 20.5. The van der Waals surface area contributed by atoms with Crippen molar-refractivity contribution in [3.8, 4) is 5.75 Å². The summed E-state index contributed by atoms with van der Waals surface area (Å²) in [7, 11) is 0. The second-order valence-corrected chi connectivity index (χ2v) is 8.15. The van der Waals surface area contributed by atoms with Crippen molar-refractivity contribution in [1.82, 2.24) is 9.97 Å². The average Bonchev–Trinajstić information content (AvgIpc) is 3.02. The number of ether oxygens (including phenoxy) is 1. The van der Waals surface area contributed by atoms with E-state index in [1.165, 1.54) is 29.8 Å². The van der Waals surface area contributed by atoms with Gasteiger partial charge in [-0.25, -0.2) is 14.4 Å². The molecule has 0 aliphatic heterocycles. The number of nitrogens with zero attached hydrogens (tertiary/aromatic N) is 2. The number of thiophene rings is 1. The van der Waals surface area contributed by atoms with Gasteiger partial charge in [-0.3, -0.25) is 4.79 Å². The maximum absolute atomic E-state index is 13.9. The topological polar surface area (TPSA) is 110 Å². The molecule has 0 saturated heterocycles. The van der Waals surface area contributed by atoms with E-state index >= 15 is 0 Å². The Morgan fingerprint density at radius 3 is 2.97 bits per heavy atom. The number of nitrogens with two attached hydrogens (primary N) is 1. The highest BCUT2D eigenvalue weighted by Gasteiger charge is 2.23. The van der Waals surface area contributed by atoms with Crippen molar-refractivity contribution in [2.45, 2.75) is 44.8 Å². The van der Waals surface area contributed by atoms with Crippen LogP contribution in [0, 0.1) is 12.7 Å². The SMILES string of the molecule is Cc1c(C(N)=O)sc2ncnc(Nc3ccc(F)cc3O[C@@H]3CCC[C@H](O)C3)c12. The van der Waals surface area contributed by atoms with Crippen LogP contribution >= 0.6 is 11.3 Å². The van der Waals surface area contributed by atoms with Crippen LogP contribution in [0.4, 0.5) is 15.9 Å². The molecule has 9 heteroatoms. The van der Waals surface area contributed by atoms with Gasteiger partial charge in [0.15, 0.2) is 0 Å². The molecular weight excluding hydrogens is 395 g/mol. The summed E-state index contributed by atoms with van der Waals surface area (Å²) in [5.74, 6) is -0.106. The van der Waals surface area contributed by atoms with Crippen LogP contribution < -0.4 is 15.8 Å². The predicted molar refractivity (Wildman–Crippen MR) is 109 cm³/mol. The minimum absolute atomic E-state index is 0.184. The Kier molecular flexibility index (Phi) is 5.33. The van der Waals surface area contributed by atoms with Gasteiger partial charge in [-0.2, -0.15) is 0 Å². The van der Waals surface area contributed by atoms with Crippen molar-refractivity contribution >= 4 is 39.0 Å². The van der Waals surface area contributed by atoms with Crippen molar-refractivity contribution < 1.29 is 19.0 Å². The van der Waals surface area contributed by atoms with Gasteiger partial charge < -0.3 is 20.9 Å². The first-order chi connectivity index (χ1) is 13.9. The van der Waals surface area contributed by atoms with E-state index in [9.17, 15) is 14.3 Å². The van der Waals surface area contributed by atoms with Gasteiger partial charge >= 0.3 is 0 Å². The number of aryl methyl sites for hydroxylation is 1. The molecule has 1 aliphatic rings. The summed E-state index contributed by atoms with van der Waals surface area (Å²) in [4.78, 5) is 21.3. The number of aliphatic hydroxyl groups excluding tert-OH is 1. The number of aliphatic hydroxyl groups is 1. The number of aromatic nitrogens is 2. The van der Waals surface area contributed by atoms with E-state index in [1.807, 2.05) is 0 Å². The fourth-order valence-corrected chi connectivity index (χ4v) is 4.63. The number of fused-ring (bicyclic) bond motifs is 1. The molecule has 2 atom stereocenters. The molecule has 0 unspecified atom stereocenters. The van der Waals surface area contributed by atoms with Crippen LogP contribution in [-0.4, -0.2) is 33.2 Å². The molecule has 29 heavy (non-hydrogen) atoms. The molecule has 7 nitrogen and oxygen atoms in total. The lowest BCUT2D eigenvalue weighted by Gasteiger charge is -2.27. The van der Waals surface area contributed by atoms with E-state index in [-0.39, 0.29) is 6.10 Å². The summed E-state index contributed by atoms with van der Waals surface area (Å²) in [6, 6.07) is 4.23. The molecule has 4 N–H and O–H groups in total.